The number of hydrogen-bond donors (Lipinski definition) is 2. The molecule has 0 atom stereocenters. The second-order valence-electron chi connectivity index (χ2n) is 7.83. The molecular formula is C28H22Br4FeN4O4+5. The Morgan fingerprint density at radius 1 is 0.610 bits per heavy atom. The summed E-state index contributed by atoms with van der Waals surface area (Å²) in [5, 5.41) is 23.5. The number of nitrogens with zero attached hydrogens (tertiary/aromatic N) is 2. The van der Waals surface area contributed by atoms with Crippen LogP contribution in [0.15, 0.2) is 113 Å². The van der Waals surface area contributed by atoms with E-state index >= 15 is 0 Å². The van der Waals surface area contributed by atoms with Gasteiger partial charge in [0.05, 0.1) is 23.6 Å². The fraction of sp³-hybridized carbons (Fsp3) is 0. The molecule has 4 rings (SSSR count). The van der Waals surface area contributed by atoms with E-state index in [2.05, 4.69) is 84.8 Å². The van der Waals surface area contributed by atoms with Gasteiger partial charge in [0.1, 0.15) is 8.95 Å². The van der Waals surface area contributed by atoms with Crippen LogP contribution >= 0.6 is 63.7 Å². The van der Waals surface area contributed by atoms with E-state index in [1.54, 1.807) is 72.8 Å². The van der Waals surface area contributed by atoms with Crippen molar-refractivity contribution in [2.24, 2.45) is 10.2 Å². The first-order valence-electron chi connectivity index (χ1n) is 11.3. The molecule has 0 fully saturated rings. The van der Waals surface area contributed by atoms with Crippen molar-refractivity contribution in [3.05, 3.63) is 125 Å². The standard InChI is InChI=1S/2C14H10Br2N2O2.Fe/c2*15-11-6-10(13(19)12(16)7-11)8-17-18-14(20)9-4-2-1-3-5-9;/h2*1-8,19H,(H,18,20);/q;;+3/p+2. The summed E-state index contributed by atoms with van der Waals surface area (Å²) in [7, 11) is 0. The van der Waals surface area contributed by atoms with Crippen molar-refractivity contribution in [2.75, 3.05) is 0 Å². The van der Waals surface area contributed by atoms with Crippen LogP contribution < -0.4 is 10.9 Å². The van der Waals surface area contributed by atoms with Crippen molar-refractivity contribution < 1.29 is 36.9 Å². The van der Waals surface area contributed by atoms with Crippen molar-refractivity contribution in [2.45, 2.75) is 0 Å². The second-order valence-corrected chi connectivity index (χ2v) is 11.4. The maximum absolute atomic E-state index is 11.8. The van der Waals surface area contributed by atoms with Crippen LogP contribution in [0.4, 0.5) is 0 Å². The molecule has 0 heterocycles. The van der Waals surface area contributed by atoms with Crippen LogP contribution in [0, 0.1) is 0 Å². The third kappa shape index (κ3) is 10.8. The molecule has 0 saturated carbocycles. The fourth-order valence-corrected chi connectivity index (χ4v) is 5.54. The zero-order chi connectivity index (χ0) is 29.1. The fourth-order valence-electron chi connectivity index (χ4n) is 3.02. The van der Waals surface area contributed by atoms with Crippen LogP contribution in [0.5, 0.6) is 11.5 Å². The molecule has 41 heavy (non-hydrogen) atoms. The van der Waals surface area contributed by atoms with Gasteiger partial charge in [-0.3, -0.25) is 9.59 Å². The molecule has 1 radical (unpaired) electrons. The van der Waals surface area contributed by atoms with E-state index in [1.807, 2.05) is 12.1 Å². The Morgan fingerprint density at radius 3 is 1.29 bits per heavy atom. The second kappa shape index (κ2) is 17.2. The molecule has 4 aromatic rings. The van der Waals surface area contributed by atoms with Crippen LogP contribution in [-0.2, 0) is 17.1 Å². The molecule has 0 spiro atoms. The molecule has 0 aliphatic carbocycles. The first kappa shape index (κ1) is 34.4. The third-order valence-electron chi connectivity index (χ3n) is 4.98. The van der Waals surface area contributed by atoms with Crippen molar-refractivity contribution in [3.63, 3.8) is 0 Å². The minimum absolute atomic E-state index is 0. The van der Waals surface area contributed by atoms with Gasteiger partial charge in [0.2, 0.25) is 0 Å². The molecule has 8 nitrogen and oxygen atoms in total. The zero-order valence-electron chi connectivity index (χ0n) is 20.8. The van der Waals surface area contributed by atoms with E-state index in [1.165, 1.54) is 12.4 Å². The van der Waals surface area contributed by atoms with Crippen LogP contribution in [0.3, 0.4) is 0 Å². The Morgan fingerprint density at radius 2 is 0.951 bits per heavy atom. The summed E-state index contributed by atoms with van der Waals surface area (Å²) in [4.78, 5) is 23.5. The Kier molecular flexibility index (Phi) is 14.5. The topological polar surface area (TPSA) is 129 Å². The van der Waals surface area contributed by atoms with Crippen LogP contribution in [0.25, 0.3) is 0 Å². The number of nitrogens with one attached hydrogen (secondary N) is 2. The average molecular weight is 854 g/mol. The molecular weight excluding hydrogens is 832 g/mol. The van der Waals surface area contributed by atoms with E-state index in [0.29, 0.717) is 42.7 Å². The molecule has 209 valence electrons. The van der Waals surface area contributed by atoms with E-state index in [-0.39, 0.29) is 28.9 Å². The number of carbonyl (C=O) groups excluding carboxylic acids is 2. The summed E-state index contributed by atoms with van der Waals surface area (Å²) in [5.74, 6) is 0.0432. The summed E-state index contributed by atoms with van der Waals surface area (Å²) in [5.41, 5.74) is 7.12. The van der Waals surface area contributed by atoms with Gasteiger partial charge in [0.25, 0.3) is 23.3 Å². The molecule has 0 aromatic heterocycles. The van der Waals surface area contributed by atoms with Gasteiger partial charge in [-0.15, -0.1) is 0 Å². The van der Waals surface area contributed by atoms with Gasteiger partial charge < -0.3 is 10.2 Å². The van der Waals surface area contributed by atoms with Crippen LogP contribution in [0.1, 0.15) is 31.8 Å². The quantitative estimate of drug-likeness (QED) is 0.0956. The number of carbonyl (C=O) groups is 2. The van der Waals surface area contributed by atoms with E-state index in [9.17, 15) is 9.59 Å². The summed E-state index contributed by atoms with van der Waals surface area (Å²) >= 11 is 13.3. The SMILES string of the molecule is O=C(NN=Cc1cc(Br)cc(Br)c1[OH2+])c1ccccc1.O=C(NN=Cc1cc(Br)cc(Br)c1[OH2+])c1ccccc1.[Fe+3]. The van der Waals surface area contributed by atoms with Crippen molar-refractivity contribution >= 4 is 88.0 Å². The van der Waals surface area contributed by atoms with Gasteiger partial charge in [-0.05, 0) is 80.4 Å². The summed E-state index contributed by atoms with van der Waals surface area (Å²) < 4.78 is 2.97. The Labute approximate surface area is 280 Å². The number of benzene rings is 4. The molecule has 0 saturated heterocycles. The molecule has 0 unspecified atom stereocenters. The molecule has 4 aromatic carbocycles. The molecule has 0 bridgehead atoms. The normalized spacial score (nSPS) is 10.4. The minimum Gasteiger partial charge on any atom is -0.592 e. The maximum Gasteiger partial charge on any atom is 3.00 e. The van der Waals surface area contributed by atoms with Crippen LogP contribution in [0.2, 0.25) is 0 Å². The molecule has 0 aliphatic heterocycles. The Hall–Kier alpha value is -2.80. The largest absolute Gasteiger partial charge is 3.00 e. The van der Waals surface area contributed by atoms with E-state index < -0.39 is 0 Å². The van der Waals surface area contributed by atoms with E-state index in [0.717, 1.165) is 8.95 Å². The molecule has 6 N–H and O–H groups in total. The number of rotatable bonds is 6. The van der Waals surface area contributed by atoms with Crippen LogP contribution in [-0.4, -0.2) is 34.5 Å². The van der Waals surface area contributed by atoms with Crippen molar-refractivity contribution in [1.82, 2.24) is 10.9 Å². The summed E-state index contributed by atoms with van der Waals surface area (Å²) in [6.07, 6.45) is 2.89. The van der Waals surface area contributed by atoms with Gasteiger partial charge in [-0.1, -0.05) is 68.3 Å². The first-order valence-corrected chi connectivity index (χ1v) is 14.5. The van der Waals surface area contributed by atoms with Crippen molar-refractivity contribution in [1.29, 1.82) is 0 Å². The maximum atomic E-state index is 11.8. The Balaban J connectivity index is 0.000000280. The number of halogens is 4. The monoisotopic (exact) mass is 850 g/mol. The van der Waals surface area contributed by atoms with Crippen molar-refractivity contribution in [3.8, 4) is 11.5 Å². The molecule has 0 aliphatic rings. The minimum atomic E-state index is -0.289. The third-order valence-corrected chi connectivity index (χ3v) is 7.15. The van der Waals surface area contributed by atoms with Gasteiger partial charge in [-0.2, -0.15) is 10.2 Å². The zero-order valence-corrected chi connectivity index (χ0v) is 28.3. The van der Waals surface area contributed by atoms with Gasteiger partial charge in [-0.25, -0.2) is 10.9 Å². The number of hydrogen-bond acceptors (Lipinski definition) is 4. The summed E-state index contributed by atoms with van der Waals surface area (Å²) in [6.45, 7) is 0. The number of hydrazone groups is 2. The van der Waals surface area contributed by atoms with E-state index in [4.69, 9.17) is 10.2 Å². The number of amides is 2. The smallest absolute Gasteiger partial charge is 0.592 e. The molecule has 2 amide bonds. The first-order chi connectivity index (χ1) is 19.2. The van der Waals surface area contributed by atoms with Gasteiger partial charge >= 0.3 is 17.1 Å². The predicted octanol–water partition coefficient (Wildman–Crippen LogP) is 6.82. The Bertz CT molecular complexity index is 1440. The average Bonchev–Trinajstić information content (AvgIpc) is 2.95. The molecule has 13 heteroatoms. The predicted molar refractivity (Wildman–Crippen MR) is 173 cm³/mol. The van der Waals surface area contributed by atoms with Gasteiger partial charge in [0, 0.05) is 20.1 Å². The van der Waals surface area contributed by atoms with Gasteiger partial charge in [0.15, 0.2) is 0 Å². The summed E-state index contributed by atoms with van der Waals surface area (Å²) in [6, 6.07) is 24.7.